The lowest BCUT2D eigenvalue weighted by Gasteiger charge is -2.36. The number of aromatic hydroxyl groups is 2. The first kappa shape index (κ1) is 50.2. The molecule has 5 aromatic rings. The van der Waals surface area contributed by atoms with Gasteiger partial charge in [0.25, 0.3) is 0 Å². The zero-order valence-electron chi connectivity index (χ0n) is 40.5. The van der Waals surface area contributed by atoms with Gasteiger partial charge in [-0.25, -0.2) is 0 Å². The summed E-state index contributed by atoms with van der Waals surface area (Å²) in [5, 5.41) is 21.9. The van der Waals surface area contributed by atoms with Gasteiger partial charge in [0.15, 0.2) is 11.6 Å². The summed E-state index contributed by atoms with van der Waals surface area (Å²) < 4.78 is 11.2. The number of fused-ring (bicyclic) bond motifs is 2. The van der Waals surface area contributed by atoms with Gasteiger partial charge in [-0.05, 0) is 149 Å². The van der Waals surface area contributed by atoms with Crippen molar-refractivity contribution in [3.63, 3.8) is 0 Å². The second-order valence-electron chi connectivity index (χ2n) is 19.6. The molecule has 3 aliphatic rings. The zero-order valence-corrected chi connectivity index (χ0v) is 40.5. The largest absolute Gasteiger partial charge is 0.508 e. The number of ether oxygens (including phenoxy) is 2. The minimum atomic E-state index is -0.708. The highest BCUT2D eigenvalue weighted by molar-refractivity contribution is 6.30. The lowest BCUT2D eigenvalue weighted by molar-refractivity contribution is -0.172. The van der Waals surface area contributed by atoms with E-state index in [-0.39, 0.29) is 50.7 Å². The summed E-state index contributed by atoms with van der Waals surface area (Å²) in [6.07, 6.45) is 8.27. The van der Waals surface area contributed by atoms with Crippen molar-refractivity contribution in [1.82, 2.24) is 0 Å². The summed E-state index contributed by atoms with van der Waals surface area (Å²) in [4.78, 5) is 49.9. The van der Waals surface area contributed by atoms with Crippen LogP contribution in [0.2, 0.25) is 0 Å². The van der Waals surface area contributed by atoms with Crippen molar-refractivity contribution in [1.29, 1.82) is 0 Å². The summed E-state index contributed by atoms with van der Waals surface area (Å²) in [6, 6.07) is 29.7. The number of carbonyl (C=O) groups is 4. The Morgan fingerprint density at radius 1 is 0.677 bits per heavy atom. The number of phenols is 2. The molecule has 65 heavy (non-hydrogen) atoms. The molecule has 3 unspecified atom stereocenters. The number of esters is 2. The Hall–Kier alpha value is -5.76. The van der Waals surface area contributed by atoms with Gasteiger partial charge in [-0.3, -0.25) is 19.2 Å². The highest BCUT2D eigenvalue weighted by Gasteiger charge is 2.38. The third-order valence-electron chi connectivity index (χ3n) is 14.1. The van der Waals surface area contributed by atoms with Crippen molar-refractivity contribution in [3.05, 3.63) is 136 Å². The quantitative estimate of drug-likeness (QED) is 0.114. The number of hydrogen-bond acceptors (Lipinski definition) is 8. The van der Waals surface area contributed by atoms with Gasteiger partial charge in [0.05, 0.1) is 22.0 Å². The van der Waals surface area contributed by atoms with E-state index in [1.54, 1.807) is 32.0 Å². The van der Waals surface area contributed by atoms with Gasteiger partial charge in [-0.15, -0.1) is 0 Å². The maximum absolute atomic E-state index is 12.9. The van der Waals surface area contributed by atoms with Crippen LogP contribution in [-0.2, 0) is 14.3 Å². The minimum Gasteiger partial charge on any atom is -0.508 e. The van der Waals surface area contributed by atoms with E-state index in [1.165, 1.54) is 77.1 Å². The van der Waals surface area contributed by atoms with Crippen LogP contribution in [0.1, 0.15) is 194 Å². The smallest absolute Gasteiger partial charge is 0.316 e. The topological polar surface area (TPSA) is 127 Å². The van der Waals surface area contributed by atoms with Gasteiger partial charge in [0.1, 0.15) is 22.8 Å². The zero-order chi connectivity index (χ0) is 47.9. The van der Waals surface area contributed by atoms with Crippen LogP contribution in [-0.4, -0.2) is 39.3 Å². The number of hydrogen-bond donors (Lipinski definition) is 2. The minimum absolute atomic E-state index is 0.0163. The molecule has 0 bridgehead atoms. The molecule has 0 spiro atoms. The van der Waals surface area contributed by atoms with Crippen LogP contribution in [0.25, 0.3) is 10.8 Å². The third-order valence-corrected chi connectivity index (χ3v) is 14.1. The average molecular weight is 883 g/mol. The van der Waals surface area contributed by atoms with Crippen LogP contribution in [0.5, 0.6) is 17.2 Å². The average Bonchev–Trinajstić information content (AvgIpc) is 3.55. The molecule has 346 valence electrons. The van der Waals surface area contributed by atoms with Crippen LogP contribution in [0, 0.1) is 10.8 Å². The van der Waals surface area contributed by atoms with Gasteiger partial charge in [0, 0.05) is 11.1 Å². The Bertz CT molecular complexity index is 2440. The molecule has 8 nitrogen and oxygen atoms in total. The van der Waals surface area contributed by atoms with Crippen LogP contribution >= 0.6 is 0 Å². The van der Waals surface area contributed by atoms with E-state index in [0.29, 0.717) is 29.9 Å². The summed E-state index contributed by atoms with van der Waals surface area (Å²) in [5.74, 6) is 0.709. The normalized spacial score (nSPS) is 17.4. The van der Waals surface area contributed by atoms with E-state index in [2.05, 4.69) is 71.0 Å². The molecule has 0 amide bonds. The molecule has 8 heteroatoms. The molecule has 8 rings (SSSR count). The number of ketones is 2. The predicted molar refractivity (Wildman–Crippen MR) is 260 cm³/mol. The summed E-state index contributed by atoms with van der Waals surface area (Å²) in [7, 11) is 0. The Balaban J connectivity index is 0.000000172. The molecule has 3 atom stereocenters. The molecule has 0 aliphatic heterocycles. The van der Waals surface area contributed by atoms with E-state index in [1.807, 2.05) is 39.8 Å². The molecule has 0 aromatic heterocycles. The highest BCUT2D eigenvalue weighted by Crippen LogP contribution is 2.46. The Kier molecular flexibility index (Phi) is 16.3. The molecule has 1 fully saturated rings. The Morgan fingerprint density at radius 2 is 1.17 bits per heavy atom. The van der Waals surface area contributed by atoms with Crippen molar-refractivity contribution >= 4 is 34.3 Å². The highest BCUT2D eigenvalue weighted by atomic mass is 16.6. The lowest BCUT2D eigenvalue weighted by Crippen LogP contribution is -2.38. The summed E-state index contributed by atoms with van der Waals surface area (Å²) in [5.41, 5.74) is 3.40. The van der Waals surface area contributed by atoms with Crippen LogP contribution < -0.4 is 4.74 Å². The Morgan fingerprint density at radius 3 is 1.71 bits per heavy atom. The molecule has 0 radical (unpaired) electrons. The lowest BCUT2D eigenvalue weighted by atomic mass is 9.83. The molecule has 3 aliphatic carbocycles. The number of benzene rings is 5. The van der Waals surface area contributed by atoms with E-state index in [4.69, 9.17) is 14.6 Å². The van der Waals surface area contributed by atoms with E-state index >= 15 is 0 Å². The number of phenolic OH excluding ortho intramolecular Hbond substituents is 2. The molecule has 1 saturated carbocycles. The maximum atomic E-state index is 12.9. The SMILES string of the molecule is CC1c2cccc3cccc(c23)C1C.CCC(C)(C)C(=O)OC1(C)CCCCC1.CCC(C)(C)C(=O)Oc1cccc2c1C(=O)c1cccc(O)c1C2=O.CCC(C)c1ccc(O)cc1. The molecule has 0 heterocycles. The van der Waals surface area contributed by atoms with Gasteiger partial charge >= 0.3 is 11.9 Å². The van der Waals surface area contributed by atoms with Crippen molar-refractivity contribution in [2.24, 2.45) is 10.8 Å². The Labute approximate surface area is 386 Å². The first-order valence-corrected chi connectivity index (χ1v) is 23.5. The van der Waals surface area contributed by atoms with E-state index < -0.39 is 23.0 Å². The molecule has 2 N–H and O–H groups in total. The van der Waals surface area contributed by atoms with Crippen LogP contribution in [0.3, 0.4) is 0 Å². The maximum Gasteiger partial charge on any atom is 0.316 e. The van der Waals surface area contributed by atoms with Crippen LogP contribution in [0.15, 0.2) is 97.1 Å². The standard InChI is InChI=1S/C20H18O5.C14H14.C13H24O2.C10H14O/c1-4-20(2,3)19(24)25-14-10-6-8-12-16(14)18(23)11-7-5-9-13(21)15(11)17(12)22;1-9-10(2)13-8-4-6-11-5-3-7-12(9)14(11)13;1-5-12(2,3)11(14)15-13(4)9-7-6-8-10-13;1-3-8(2)9-4-6-10(11)7-5-9/h5-10,21H,4H2,1-3H3;3-10H,1-2H3;5-10H2,1-4H3;4-8,11H,3H2,1-2H3. The first-order chi connectivity index (χ1) is 30.7. The van der Waals surface area contributed by atoms with Gasteiger partial charge in [-0.1, -0.05) is 121 Å². The van der Waals surface area contributed by atoms with Crippen molar-refractivity contribution in [2.75, 3.05) is 0 Å². The predicted octanol–water partition coefficient (Wildman–Crippen LogP) is 14.2. The fourth-order valence-electron chi connectivity index (χ4n) is 8.30. The van der Waals surface area contributed by atoms with Crippen molar-refractivity contribution < 1.29 is 38.9 Å². The monoisotopic (exact) mass is 883 g/mol. The van der Waals surface area contributed by atoms with E-state index in [0.717, 1.165) is 25.7 Å². The molecular weight excluding hydrogens is 813 g/mol. The fourth-order valence-corrected chi connectivity index (χ4v) is 8.30. The van der Waals surface area contributed by atoms with Gasteiger partial charge < -0.3 is 19.7 Å². The second-order valence-corrected chi connectivity index (χ2v) is 19.6. The molecule has 5 aromatic carbocycles. The number of carbonyl (C=O) groups excluding carboxylic acids is 4. The van der Waals surface area contributed by atoms with Crippen molar-refractivity contribution in [3.8, 4) is 17.2 Å². The van der Waals surface area contributed by atoms with Crippen LogP contribution in [0.4, 0.5) is 0 Å². The second kappa shape index (κ2) is 21.0. The van der Waals surface area contributed by atoms with Crippen molar-refractivity contribution in [2.45, 2.75) is 151 Å². The third kappa shape index (κ3) is 11.4. The number of rotatable bonds is 8. The van der Waals surface area contributed by atoms with Gasteiger partial charge in [0.2, 0.25) is 0 Å². The first-order valence-electron chi connectivity index (χ1n) is 23.5. The molecular formula is C57H70O8. The van der Waals surface area contributed by atoms with Gasteiger partial charge in [-0.2, -0.15) is 0 Å². The molecule has 0 saturated heterocycles. The summed E-state index contributed by atoms with van der Waals surface area (Å²) >= 11 is 0. The van der Waals surface area contributed by atoms with E-state index in [9.17, 15) is 24.3 Å². The summed E-state index contributed by atoms with van der Waals surface area (Å²) in [6.45, 7) is 22.4. The fraction of sp³-hybridized carbons (Fsp3) is 0.439.